The summed E-state index contributed by atoms with van der Waals surface area (Å²) in [7, 11) is 0. The van der Waals surface area contributed by atoms with E-state index in [1.165, 1.54) is 4.90 Å². The molecule has 0 aliphatic carbocycles. The normalized spacial score (nSPS) is 10.9. The fourth-order valence-corrected chi connectivity index (χ4v) is 2.26. The Morgan fingerprint density at radius 1 is 1.35 bits per heavy atom. The first kappa shape index (κ1) is 13.8. The quantitative estimate of drug-likeness (QED) is 0.434. The van der Waals surface area contributed by atoms with Gasteiger partial charge >= 0.3 is 0 Å². The van der Waals surface area contributed by atoms with Crippen LogP contribution in [0.25, 0.3) is 0 Å². The van der Waals surface area contributed by atoms with Crippen molar-refractivity contribution in [3.8, 4) is 6.07 Å². The first-order valence-electron chi connectivity index (χ1n) is 5.67. The highest BCUT2D eigenvalue weighted by Crippen LogP contribution is 2.25. The average Bonchev–Trinajstić information content (AvgIpc) is 2.35. The Labute approximate surface area is 107 Å². The van der Waals surface area contributed by atoms with Crippen molar-refractivity contribution in [2.24, 2.45) is 5.41 Å². The lowest BCUT2D eigenvalue weighted by molar-refractivity contribution is 0.112. The van der Waals surface area contributed by atoms with Crippen LogP contribution in [0.5, 0.6) is 0 Å². The molecule has 0 fully saturated rings. The van der Waals surface area contributed by atoms with E-state index in [-0.39, 0.29) is 5.41 Å². The van der Waals surface area contributed by atoms with Crippen LogP contribution >= 0.6 is 11.8 Å². The maximum Gasteiger partial charge on any atom is 0.150 e. The van der Waals surface area contributed by atoms with Gasteiger partial charge in [-0.1, -0.05) is 12.1 Å². The van der Waals surface area contributed by atoms with E-state index in [9.17, 15) is 4.79 Å². The molecule has 1 aromatic rings. The Morgan fingerprint density at radius 2 is 2.00 bits per heavy atom. The fraction of sp³-hybridized carbons (Fsp3) is 0.429. The first-order valence-corrected chi connectivity index (χ1v) is 6.65. The standard InChI is InChI=1S/C14H17NOS/c1-14(2,11-15)8-3-9-17-13-6-4-12(10-16)5-7-13/h4-7,10H,3,8-9H2,1-2H3. The molecule has 0 radical (unpaired) electrons. The van der Waals surface area contributed by atoms with E-state index in [0.717, 1.165) is 24.9 Å². The molecule has 0 aromatic heterocycles. The monoisotopic (exact) mass is 247 g/mol. The topological polar surface area (TPSA) is 40.9 Å². The Hall–Kier alpha value is -1.27. The Bertz CT molecular complexity index is 403. The van der Waals surface area contributed by atoms with Crippen molar-refractivity contribution in [3.63, 3.8) is 0 Å². The van der Waals surface area contributed by atoms with Crippen LogP contribution < -0.4 is 0 Å². The van der Waals surface area contributed by atoms with Crippen molar-refractivity contribution in [1.82, 2.24) is 0 Å². The zero-order valence-electron chi connectivity index (χ0n) is 10.3. The maximum atomic E-state index is 10.5. The molecule has 0 saturated heterocycles. The van der Waals surface area contributed by atoms with Crippen LogP contribution in [0.2, 0.25) is 0 Å². The summed E-state index contributed by atoms with van der Waals surface area (Å²) in [4.78, 5) is 11.7. The third kappa shape index (κ3) is 5.06. The molecule has 0 heterocycles. The van der Waals surface area contributed by atoms with Crippen LogP contribution in [0.1, 0.15) is 37.0 Å². The molecule has 0 saturated carbocycles. The zero-order chi connectivity index (χ0) is 12.7. The molecule has 1 rings (SSSR count). The van der Waals surface area contributed by atoms with E-state index in [4.69, 9.17) is 5.26 Å². The zero-order valence-corrected chi connectivity index (χ0v) is 11.1. The Morgan fingerprint density at radius 3 is 2.53 bits per heavy atom. The van der Waals surface area contributed by atoms with E-state index in [0.29, 0.717) is 5.56 Å². The summed E-state index contributed by atoms with van der Waals surface area (Å²) in [6, 6.07) is 9.89. The highest BCUT2D eigenvalue weighted by Gasteiger charge is 2.15. The van der Waals surface area contributed by atoms with Crippen molar-refractivity contribution in [1.29, 1.82) is 5.26 Å². The molecule has 0 aliphatic heterocycles. The van der Waals surface area contributed by atoms with E-state index in [1.807, 2.05) is 38.1 Å². The van der Waals surface area contributed by atoms with Gasteiger partial charge in [-0.15, -0.1) is 11.8 Å². The van der Waals surface area contributed by atoms with Crippen molar-refractivity contribution in [2.75, 3.05) is 5.75 Å². The van der Waals surface area contributed by atoms with Gasteiger partial charge in [-0.05, 0) is 44.6 Å². The second-order valence-electron chi connectivity index (χ2n) is 4.63. The van der Waals surface area contributed by atoms with Gasteiger partial charge in [-0.3, -0.25) is 4.79 Å². The van der Waals surface area contributed by atoms with Crippen LogP contribution in [0.15, 0.2) is 29.2 Å². The minimum atomic E-state index is -0.220. The van der Waals surface area contributed by atoms with Crippen molar-refractivity contribution >= 4 is 18.0 Å². The number of nitrogens with zero attached hydrogens (tertiary/aromatic N) is 1. The highest BCUT2D eigenvalue weighted by molar-refractivity contribution is 7.99. The van der Waals surface area contributed by atoms with E-state index in [2.05, 4.69) is 6.07 Å². The third-order valence-electron chi connectivity index (χ3n) is 2.53. The van der Waals surface area contributed by atoms with Crippen LogP contribution in [0.3, 0.4) is 0 Å². The maximum absolute atomic E-state index is 10.5. The summed E-state index contributed by atoms with van der Waals surface area (Å²) >= 11 is 1.77. The molecule has 0 atom stereocenters. The minimum absolute atomic E-state index is 0.220. The summed E-state index contributed by atoms with van der Waals surface area (Å²) in [6.07, 6.45) is 2.80. The lowest BCUT2D eigenvalue weighted by Crippen LogP contribution is -2.07. The van der Waals surface area contributed by atoms with Crippen molar-refractivity contribution < 1.29 is 4.79 Å². The van der Waals surface area contributed by atoms with Crippen molar-refractivity contribution in [2.45, 2.75) is 31.6 Å². The largest absolute Gasteiger partial charge is 0.298 e. The van der Waals surface area contributed by atoms with Gasteiger partial charge in [0.05, 0.1) is 11.5 Å². The Kier molecular flexibility index (Phi) is 5.24. The SMILES string of the molecule is CC(C)(C#N)CCCSc1ccc(C=O)cc1. The summed E-state index contributed by atoms with van der Waals surface area (Å²) < 4.78 is 0. The number of carbonyl (C=O) groups is 1. The summed E-state index contributed by atoms with van der Waals surface area (Å²) in [6.45, 7) is 3.94. The summed E-state index contributed by atoms with van der Waals surface area (Å²) in [5.41, 5.74) is 0.488. The third-order valence-corrected chi connectivity index (χ3v) is 3.63. The van der Waals surface area contributed by atoms with Crippen LogP contribution in [0.4, 0.5) is 0 Å². The average molecular weight is 247 g/mol. The molecule has 0 unspecified atom stereocenters. The predicted molar refractivity (Wildman–Crippen MR) is 71.2 cm³/mol. The number of hydrogen-bond donors (Lipinski definition) is 0. The van der Waals surface area contributed by atoms with Gasteiger partial charge in [0.1, 0.15) is 6.29 Å². The first-order chi connectivity index (χ1) is 8.07. The summed E-state index contributed by atoms with van der Waals surface area (Å²) in [5.74, 6) is 1.01. The number of rotatable bonds is 6. The lowest BCUT2D eigenvalue weighted by Gasteiger charge is -2.13. The van der Waals surface area contributed by atoms with Gasteiger partial charge in [0.2, 0.25) is 0 Å². The molecule has 0 spiro atoms. The van der Waals surface area contributed by atoms with Gasteiger partial charge in [-0.2, -0.15) is 5.26 Å². The van der Waals surface area contributed by atoms with E-state index < -0.39 is 0 Å². The molecule has 90 valence electrons. The predicted octanol–water partition coefficient (Wildman–Crippen LogP) is 3.92. The fourth-order valence-electron chi connectivity index (χ4n) is 1.40. The second-order valence-corrected chi connectivity index (χ2v) is 5.80. The van der Waals surface area contributed by atoms with Crippen LogP contribution in [-0.4, -0.2) is 12.0 Å². The van der Waals surface area contributed by atoms with Gasteiger partial charge < -0.3 is 0 Å². The van der Waals surface area contributed by atoms with E-state index in [1.54, 1.807) is 11.8 Å². The number of benzene rings is 1. The van der Waals surface area contributed by atoms with Crippen molar-refractivity contribution in [3.05, 3.63) is 29.8 Å². The second kappa shape index (κ2) is 6.46. The molecule has 0 aliphatic rings. The molecule has 0 bridgehead atoms. The molecule has 0 amide bonds. The van der Waals surface area contributed by atoms with E-state index >= 15 is 0 Å². The van der Waals surface area contributed by atoms with Crippen LogP contribution in [-0.2, 0) is 0 Å². The number of hydrogen-bond acceptors (Lipinski definition) is 3. The lowest BCUT2D eigenvalue weighted by atomic mass is 9.90. The number of aldehydes is 1. The highest BCUT2D eigenvalue weighted by atomic mass is 32.2. The van der Waals surface area contributed by atoms with Gasteiger partial charge in [0, 0.05) is 10.5 Å². The summed E-state index contributed by atoms with van der Waals surface area (Å²) in [5, 5.41) is 8.88. The molecular weight excluding hydrogens is 230 g/mol. The molecular formula is C14H17NOS. The van der Waals surface area contributed by atoms with Gasteiger partial charge in [0.15, 0.2) is 0 Å². The molecule has 0 N–H and O–H groups in total. The molecule has 3 heteroatoms. The molecule has 2 nitrogen and oxygen atoms in total. The number of nitriles is 1. The number of thioether (sulfide) groups is 1. The number of carbonyl (C=O) groups excluding carboxylic acids is 1. The molecule has 1 aromatic carbocycles. The molecule has 17 heavy (non-hydrogen) atoms. The minimum Gasteiger partial charge on any atom is -0.298 e. The van der Waals surface area contributed by atoms with Gasteiger partial charge in [-0.25, -0.2) is 0 Å². The van der Waals surface area contributed by atoms with Crippen LogP contribution in [0, 0.1) is 16.7 Å². The Balaban J connectivity index is 2.32. The smallest absolute Gasteiger partial charge is 0.150 e. The van der Waals surface area contributed by atoms with Gasteiger partial charge in [0.25, 0.3) is 0 Å².